The topological polar surface area (TPSA) is 62.8 Å². The number of rotatable bonds is 4. The van der Waals surface area contributed by atoms with E-state index in [0.717, 1.165) is 55.2 Å². The van der Waals surface area contributed by atoms with Gasteiger partial charge in [-0.1, -0.05) is 29.8 Å². The van der Waals surface area contributed by atoms with Crippen molar-refractivity contribution in [3.05, 3.63) is 52.5 Å². The molecule has 2 aromatic rings. The number of benzene rings is 2. The van der Waals surface area contributed by atoms with Gasteiger partial charge in [-0.15, -0.1) is 0 Å². The lowest BCUT2D eigenvalue weighted by atomic mass is 9.92. The van der Waals surface area contributed by atoms with Crippen molar-refractivity contribution in [2.24, 2.45) is 0 Å². The van der Waals surface area contributed by atoms with E-state index >= 15 is 0 Å². The zero-order valence-electron chi connectivity index (χ0n) is 16.0. The minimum Gasteiger partial charge on any atom is -0.493 e. The quantitative estimate of drug-likeness (QED) is 0.820. The van der Waals surface area contributed by atoms with E-state index in [0.29, 0.717) is 10.6 Å². The molecule has 6 nitrogen and oxygen atoms in total. The molecule has 2 aliphatic rings. The van der Waals surface area contributed by atoms with E-state index in [4.69, 9.17) is 21.1 Å². The first-order valence-corrected chi connectivity index (χ1v) is 9.74. The van der Waals surface area contributed by atoms with Crippen LogP contribution in [0, 0.1) is 0 Å². The zero-order valence-corrected chi connectivity index (χ0v) is 16.8. The summed E-state index contributed by atoms with van der Waals surface area (Å²) in [6.07, 6.45) is 1.61. The summed E-state index contributed by atoms with van der Waals surface area (Å²) < 4.78 is 10.9. The van der Waals surface area contributed by atoms with Crippen LogP contribution >= 0.6 is 11.6 Å². The summed E-state index contributed by atoms with van der Waals surface area (Å²) in [5.41, 5.74) is 2.00. The van der Waals surface area contributed by atoms with Crippen LogP contribution in [0.25, 0.3) is 0 Å². The minimum atomic E-state index is -0.427. The summed E-state index contributed by atoms with van der Waals surface area (Å²) in [5.74, 6) is 1.41. The van der Waals surface area contributed by atoms with Crippen molar-refractivity contribution in [1.82, 2.24) is 10.2 Å². The summed E-state index contributed by atoms with van der Waals surface area (Å²) in [7, 11) is 3.31. The highest BCUT2D eigenvalue weighted by molar-refractivity contribution is 6.34. The third-order valence-corrected chi connectivity index (χ3v) is 5.87. The molecule has 0 bridgehead atoms. The first kappa shape index (κ1) is 18.9. The van der Waals surface area contributed by atoms with Gasteiger partial charge in [-0.3, -0.25) is 9.69 Å². The number of hydrogen-bond donors (Lipinski definition) is 2. The molecule has 0 unspecified atom stereocenters. The minimum absolute atomic E-state index is 0.109. The second-order valence-electron chi connectivity index (χ2n) is 7.25. The summed E-state index contributed by atoms with van der Waals surface area (Å²) in [4.78, 5) is 15.0. The van der Waals surface area contributed by atoms with Crippen LogP contribution in [-0.4, -0.2) is 43.8 Å². The SMILES string of the molecule is COc1cccc(CN2CCC3(CC2)NC(=O)c2c(Cl)cccc2N3)c1OC. The Morgan fingerprint density at radius 1 is 1.07 bits per heavy atom. The second kappa shape index (κ2) is 7.53. The highest BCUT2D eigenvalue weighted by Crippen LogP contribution is 2.36. The molecule has 0 aliphatic carbocycles. The Morgan fingerprint density at radius 2 is 1.82 bits per heavy atom. The maximum Gasteiger partial charge on any atom is 0.256 e. The standard InChI is InChI=1S/C21H24ClN3O3/c1-27-17-8-3-5-14(19(17)28-2)13-25-11-9-21(10-12-25)23-16-7-4-6-15(22)18(16)20(26)24-21/h3-8,23H,9-13H2,1-2H3,(H,24,26). The van der Waals surface area contributed by atoms with Gasteiger partial charge in [0.1, 0.15) is 5.66 Å². The second-order valence-corrected chi connectivity index (χ2v) is 7.66. The van der Waals surface area contributed by atoms with Crippen molar-refractivity contribution in [3.63, 3.8) is 0 Å². The number of carbonyl (C=O) groups excluding carboxylic acids is 1. The number of fused-ring (bicyclic) bond motifs is 1. The molecule has 7 heteroatoms. The predicted molar refractivity (Wildman–Crippen MR) is 109 cm³/mol. The highest BCUT2D eigenvalue weighted by atomic mass is 35.5. The molecule has 1 spiro atoms. The van der Waals surface area contributed by atoms with Crippen LogP contribution in [0.5, 0.6) is 11.5 Å². The lowest BCUT2D eigenvalue weighted by Gasteiger charge is -2.46. The molecule has 0 radical (unpaired) electrons. The average Bonchev–Trinajstić information content (AvgIpc) is 2.69. The van der Waals surface area contributed by atoms with Crippen LogP contribution in [0.15, 0.2) is 36.4 Å². The number of anilines is 1. The highest BCUT2D eigenvalue weighted by Gasteiger charge is 2.40. The molecule has 0 saturated carbocycles. The van der Waals surface area contributed by atoms with E-state index in [9.17, 15) is 4.79 Å². The molecule has 2 aromatic carbocycles. The number of methoxy groups -OCH3 is 2. The number of amides is 1. The summed E-state index contributed by atoms with van der Waals surface area (Å²) in [6, 6.07) is 11.5. The molecule has 0 atom stereocenters. The van der Waals surface area contributed by atoms with Crippen molar-refractivity contribution in [2.75, 3.05) is 32.6 Å². The molecule has 1 saturated heterocycles. The van der Waals surface area contributed by atoms with Gasteiger partial charge in [0.15, 0.2) is 11.5 Å². The fourth-order valence-electron chi connectivity index (χ4n) is 4.09. The number of ether oxygens (including phenoxy) is 2. The molecule has 28 heavy (non-hydrogen) atoms. The Morgan fingerprint density at radius 3 is 2.54 bits per heavy atom. The number of carbonyl (C=O) groups is 1. The Bertz CT molecular complexity index is 894. The Kier molecular flexibility index (Phi) is 5.08. The van der Waals surface area contributed by atoms with E-state index in [1.54, 1.807) is 20.3 Å². The van der Waals surface area contributed by atoms with Crippen LogP contribution in [0.2, 0.25) is 5.02 Å². The van der Waals surface area contributed by atoms with Gasteiger partial charge in [-0.05, 0) is 18.2 Å². The van der Waals surface area contributed by atoms with Crippen molar-refractivity contribution >= 4 is 23.2 Å². The van der Waals surface area contributed by atoms with Crippen LogP contribution < -0.4 is 20.1 Å². The molecule has 1 fully saturated rings. The average molecular weight is 402 g/mol. The van der Waals surface area contributed by atoms with Crippen LogP contribution in [0.3, 0.4) is 0 Å². The first-order chi connectivity index (χ1) is 13.5. The Hall–Kier alpha value is -2.44. The first-order valence-electron chi connectivity index (χ1n) is 9.37. The Labute approximate surface area is 169 Å². The number of likely N-dealkylation sites (tertiary alicyclic amines) is 1. The van der Waals surface area contributed by atoms with E-state index in [-0.39, 0.29) is 5.91 Å². The van der Waals surface area contributed by atoms with E-state index in [2.05, 4.69) is 21.6 Å². The van der Waals surface area contributed by atoms with Gasteiger partial charge in [-0.2, -0.15) is 0 Å². The monoisotopic (exact) mass is 401 g/mol. The lowest BCUT2D eigenvalue weighted by molar-refractivity contribution is 0.0822. The lowest BCUT2D eigenvalue weighted by Crippen LogP contribution is -2.62. The summed E-state index contributed by atoms with van der Waals surface area (Å²) in [5, 5.41) is 7.14. The largest absolute Gasteiger partial charge is 0.493 e. The molecular weight excluding hydrogens is 378 g/mol. The van der Waals surface area contributed by atoms with Crippen molar-refractivity contribution in [3.8, 4) is 11.5 Å². The third kappa shape index (κ3) is 3.38. The maximum atomic E-state index is 12.6. The fourth-order valence-corrected chi connectivity index (χ4v) is 4.35. The molecule has 0 aromatic heterocycles. The molecule has 1 amide bonds. The number of nitrogens with one attached hydrogen (secondary N) is 2. The molecule has 2 N–H and O–H groups in total. The van der Waals surface area contributed by atoms with Gasteiger partial charge in [0, 0.05) is 38.0 Å². The third-order valence-electron chi connectivity index (χ3n) is 5.56. The van der Waals surface area contributed by atoms with Crippen LogP contribution in [0.4, 0.5) is 5.69 Å². The van der Waals surface area contributed by atoms with Crippen molar-refractivity contribution < 1.29 is 14.3 Å². The van der Waals surface area contributed by atoms with Gasteiger partial charge >= 0.3 is 0 Å². The molecule has 2 aliphatic heterocycles. The summed E-state index contributed by atoms with van der Waals surface area (Å²) >= 11 is 6.20. The van der Waals surface area contributed by atoms with Gasteiger partial charge in [0.05, 0.1) is 30.5 Å². The number of para-hydroxylation sites is 1. The molecule has 4 rings (SSSR count). The number of nitrogens with zero attached hydrogens (tertiary/aromatic N) is 1. The maximum absolute atomic E-state index is 12.6. The zero-order chi connectivity index (χ0) is 19.7. The normalized spacial score (nSPS) is 18.2. The predicted octanol–water partition coefficient (Wildman–Crippen LogP) is 3.50. The van der Waals surface area contributed by atoms with Gasteiger partial charge in [0.2, 0.25) is 0 Å². The van der Waals surface area contributed by atoms with Crippen LogP contribution in [-0.2, 0) is 6.54 Å². The summed E-state index contributed by atoms with van der Waals surface area (Å²) in [6.45, 7) is 2.47. The fraction of sp³-hybridized carbons (Fsp3) is 0.381. The molecule has 148 valence electrons. The smallest absolute Gasteiger partial charge is 0.256 e. The number of hydrogen-bond acceptors (Lipinski definition) is 5. The van der Waals surface area contributed by atoms with Gasteiger partial charge in [-0.25, -0.2) is 0 Å². The van der Waals surface area contributed by atoms with E-state index in [1.165, 1.54) is 0 Å². The number of halogens is 1. The van der Waals surface area contributed by atoms with E-state index in [1.807, 2.05) is 24.3 Å². The van der Waals surface area contributed by atoms with Crippen molar-refractivity contribution in [1.29, 1.82) is 0 Å². The Balaban J connectivity index is 1.47. The number of piperidine rings is 1. The molecule has 2 heterocycles. The van der Waals surface area contributed by atoms with E-state index < -0.39 is 5.66 Å². The van der Waals surface area contributed by atoms with Crippen molar-refractivity contribution in [2.45, 2.75) is 25.0 Å². The van der Waals surface area contributed by atoms with Gasteiger partial charge < -0.3 is 20.1 Å². The van der Waals surface area contributed by atoms with Gasteiger partial charge in [0.25, 0.3) is 5.91 Å². The van der Waals surface area contributed by atoms with Crippen LogP contribution in [0.1, 0.15) is 28.8 Å². The molecular formula is C21H24ClN3O3.